The fourth-order valence-electron chi connectivity index (χ4n) is 2.34. The average molecular weight is 356 g/mol. The van der Waals surface area contributed by atoms with Crippen molar-refractivity contribution in [1.29, 1.82) is 0 Å². The Labute approximate surface area is 132 Å². The number of hydrogen-bond acceptors (Lipinski definition) is 3. The molecule has 3 N–H and O–H groups in total. The largest absolute Gasteiger partial charge is 0.416 e. The van der Waals surface area contributed by atoms with Gasteiger partial charge >= 0.3 is 12.4 Å². The second kappa shape index (κ2) is 6.60. The summed E-state index contributed by atoms with van der Waals surface area (Å²) in [6, 6.07) is 0.698. The lowest BCUT2D eigenvalue weighted by Gasteiger charge is -2.16. The molecule has 1 saturated heterocycles. The number of nitrogens with one attached hydrogen (secondary N) is 2. The molecular formula is C14H14F6N2O2. The number of rotatable bonds is 3. The molecule has 0 radical (unpaired) electrons. The Kier molecular flexibility index (Phi) is 5.09. The van der Waals surface area contributed by atoms with Gasteiger partial charge in [0, 0.05) is 31.1 Å². The van der Waals surface area contributed by atoms with Crippen LogP contribution in [0.25, 0.3) is 0 Å². The van der Waals surface area contributed by atoms with Gasteiger partial charge in [0.05, 0.1) is 17.2 Å². The molecular weight excluding hydrogens is 342 g/mol. The van der Waals surface area contributed by atoms with Crippen molar-refractivity contribution in [2.45, 2.75) is 18.5 Å². The van der Waals surface area contributed by atoms with Crippen molar-refractivity contribution < 1.29 is 36.2 Å². The van der Waals surface area contributed by atoms with E-state index in [4.69, 9.17) is 0 Å². The highest BCUT2D eigenvalue weighted by Gasteiger charge is 2.37. The van der Waals surface area contributed by atoms with Gasteiger partial charge in [-0.3, -0.25) is 4.79 Å². The minimum absolute atomic E-state index is 0.0403. The first-order valence-corrected chi connectivity index (χ1v) is 6.95. The highest BCUT2D eigenvalue weighted by Crippen LogP contribution is 2.36. The number of hydrogen-bond donors (Lipinski definition) is 3. The maximum atomic E-state index is 12.7. The third kappa shape index (κ3) is 4.38. The zero-order valence-electron chi connectivity index (χ0n) is 12.1. The van der Waals surface area contributed by atoms with Crippen LogP contribution in [0.2, 0.25) is 0 Å². The van der Waals surface area contributed by atoms with E-state index in [0.717, 1.165) is 0 Å². The summed E-state index contributed by atoms with van der Waals surface area (Å²) in [6.45, 7) is 0.630. The van der Waals surface area contributed by atoms with Gasteiger partial charge < -0.3 is 15.7 Å². The lowest BCUT2D eigenvalue weighted by molar-refractivity contribution is -0.143. The number of carbonyl (C=O) groups is 1. The van der Waals surface area contributed by atoms with Gasteiger partial charge in [0.1, 0.15) is 0 Å². The predicted octanol–water partition coefficient (Wildman–Crippen LogP) is 2.03. The number of aliphatic hydroxyl groups excluding tert-OH is 1. The molecule has 0 spiro atoms. The van der Waals surface area contributed by atoms with Crippen LogP contribution in [0.4, 0.5) is 26.3 Å². The van der Waals surface area contributed by atoms with Crippen molar-refractivity contribution >= 4 is 5.91 Å². The average Bonchev–Trinajstić information content (AvgIpc) is 2.87. The molecule has 24 heavy (non-hydrogen) atoms. The van der Waals surface area contributed by atoms with Crippen LogP contribution < -0.4 is 10.6 Å². The zero-order chi connectivity index (χ0) is 18.1. The number of β-amino-alcohol motifs (C(OH)–C–C–N with tert-alkyl or cyclic N) is 1. The van der Waals surface area contributed by atoms with Gasteiger partial charge in [0.25, 0.3) is 5.91 Å². The fourth-order valence-corrected chi connectivity index (χ4v) is 2.34. The number of halogens is 6. The van der Waals surface area contributed by atoms with Crippen LogP contribution in [-0.2, 0) is 12.4 Å². The maximum Gasteiger partial charge on any atom is 0.416 e. The minimum Gasteiger partial charge on any atom is -0.391 e. The highest BCUT2D eigenvalue weighted by molar-refractivity contribution is 5.94. The Morgan fingerprint density at radius 1 is 1.08 bits per heavy atom. The van der Waals surface area contributed by atoms with Crippen molar-refractivity contribution in [1.82, 2.24) is 10.6 Å². The van der Waals surface area contributed by atoms with Gasteiger partial charge in [-0.05, 0) is 18.2 Å². The van der Waals surface area contributed by atoms with Crippen molar-refractivity contribution in [3.63, 3.8) is 0 Å². The molecule has 1 fully saturated rings. The van der Waals surface area contributed by atoms with E-state index in [0.29, 0.717) is 25.2 Å². The Morgan fingerprint density at radius 2 is 1.62 bits per heavy atom. The zero-order valence-corrected chi connectivity index (χ0v) is 12.1. The van der Waals surface area contributed by atoms with Gasteiger partial charge in [0.15, 0.2) is 0 Å². The molecule has 1 aromatic carbocycles. The molecule has 1 aromatic rings. The Morgan fingerprint density at radius 3 is 2.04 bits per heavy atom. The van der Waals surface area contributed by atoms with Crippen LogP contribution in [0.15, 0.2) is 18.2 Å². The topological polar surface area (TPSA) is 61.4 Å². The van der Waals surface area contributed by atoms with E-state index in [1.165, 1.54) is 0 Å². The van der Waals surface area contributed by atoms with Gasteiger partial charge in [-0.15, -0.1) is 0 Å². The molecule has 4 nitrogen and oxygen atoms in total. The summed E-state index contributed by atoms with van der Waals surface area (Å²) >= 11 is 0. The third-order valence-electron chi connectivity index (χ3n) is 3.68. The molecule has 134 valence electrons. The second-order valence-electron chi connectivity index (χ2n) is 5.49. The summed E-state index contributed by atoms with van der Waals surface area (Å²) in [5, 5.41) is 14.7. The normalized spacial score (nSPS) is 21.8. The molecule has 1 aliphatic rings. The molecule has 1 amide bonds. The number of alkyl halides is 6. The predicted molar refractivity (Wildman–Crippen MR) is 71.1 cm³/mol. The van der Waals surface area contributed by atoms with Gasteiger partial charge in [-0.1, -0.05) is 0 Å². The summed E-state index contributed by atoms with van der Waals surface area (Å²) in [7, 11) is 0. The number of amides is 1. The second-order valence-corrected chi connectivity index (χ2v) is 5.49. The van der Waals surface area contributed by atoms with Gasteiger partial charge in [-0.2, -0.15) is 26.3 Å². The van der Waals surface area contributed by atoms with Gasteiger partial charge in [-0.25, -0.2) is 0 Å². The van der Waals surface area contributed by atoms with E-state index in [1.807, 2.05) is 0 Å². The van der Waals surface area contributed by atoms with Crippen LogP contribution >= 0.6 is 0 Å². The van der Waals surface area contributed by atoms with E-state index >= 15 is 0 Å². The summed E-state index contributed by atoms with van der Waals surface area (Å²) in [5.74, 6) is -1.42. The molecule has 0 bridgehead atoms. The number of aliphatic hydroxyl groups is 1. The van der Waals surface area contributed by atoms with E-state index in [2.05, 4.69) is 10.6 Å². The first-order valence-electron chi connectivity index (χ1n) is 6.95. The Hall–Kier alpha value is -1.81. The van der Waals surface area contributed by atoms with E-state index in [9.17, 15) is 36.2 Å². The van der Waals surface area contributed by atoms with Crippen molar-refractivity contribution in [2.24, 2.45) is 5.92 Å². The first-order chi connectivity index (χ1) is 11.0. The lowest BCUT2D eigenvalue weighted by Crippen LogP contribution is -2.34. The smallest absolute Gasteiger partial charge is 0.391 e. The first kappa shape index (κ1) is 18.5. The van der Waals surface area contributed by atoms with Crippen LogP contribution in [0.1, 0.15) is 21.5 Å². The number of carbonyl (C=O) groups excluding carboxylic acids is 1. The molecule has 0 aliphatic carbocycles. The van der Waals surface area contributed by atoms with E-state index in [1.54, 1.807) is 0 Å². The monoisotopic (exact) mass is 356 g/mol. The Balaban J connectivity index is 2.22. The van der Waals surface area contributed by atoms with Crippen LogP contribution in [0, 0.1) is 5.92 Å². The van der Waals surface area contributed by atoms with Crippen LogP contribution in [-0.4, -0.2) is 36.8 Å². The molecule has 0 aromatic heterocycles. The van der Waals surface area contributed by atoms with Crippen molar-refractivity contribution in [3.05, 3.63) is 34.9 Å². The maximum absolute atomic E-state index is 12.7. The van der Waals surface area contributed by atoms with Crippen LogP contribution in [0.5, 0.6) is 0 Å². The SMILES string of the molecule is O=C(NCC1CNCC1O)c1cc(C(F)(F)F)cc(C(F)(F)F)c1. The van der Waals surface area contributed by atoms with Gasteiger partial charge in [0.2, 0.25) is 0 Å². The Bertz CT molecular complexity index is 582. The fraction of sp³-hybridized carbons (Fsp3) is 0.500. The van der Waals surface area contributed by atoms with E-state index in [-0.39, 0.29) is 18.5 Å². The minimum atomic E-state index is -5.01. The molecule has 10 heteroatoms. The highest BCUT2D eigenvalue weighted by atomic mass is 19.4. The number of benzene rings is 1. The van der Waals surface area contributed by atoms with Crippen LogP contribution in [0.3, 0.4) is 0 Å². The molecule has 2 atom stereocenters. The lowest BCUT2D eigenvalue weighted by atomic mass is 10.0. The molecule has 1 aliphatic heterocycles. The third-order valence-corrected chi connectivity index (χ3v) is 3.68. The summed E-state index contributed by atoms with van der Waals surface area (Å²) in [6.07, 6.45) is -10.8. The summed E-state index contributed by atoms with van der Waals surface area (Å²) in [5.41, 5.74) is -3.84. The summed E-state index contributed by atoms with van der Waals surface area (Å²) < 4.78 is 76.5. The molecule has 2 rings (SSSR count). The molecule has 1 heterocycles. The van der Waals surface area contributed by atoms with E-state index < -0.39 is 41.1 Å². The molecule has 2 unspecified atom stereocenters. The van der Waals surface area contributed by atoms with Crippen molar-refractivity contribution in [3.8, 4) is 0 Å². The standard InChI is InChI=1S/C14H14F6N2O2/c15-13(16,17)9-1-7(2-10(3-9)14(18,19)20)12(24)22-5-8-4-21-6-11(8)23/h1-3,8,11,21,23H,4-6H2,(H,22,24). The molecule has 0 saturated carbocycles. The van der Waals surface area contributed by atoms with Crippen molar-refractivity contribution in [2.75, 3.05) is 19.6 Å². The quantitative estimate of drug-likeness (QED) is 0.727. The summed E-state index contributed by atoms with van der Waals surface area (Å²) in [4.78, 5) is 11.9.